The van der Waals surface area contributed by atoms with Crippen LogP contribution in [0.1, 0.15) is 40.2 Å². The van der Waals surface area contributed by atoms with Gasteiger partial charge in [-0.1, -0.05) is 12.1 Å². The average Bonchev–Trinajstić information content (AvgIpc) is 3.29. The van der Waals surface area contributed by atoms with Gasteiger partial charge in [0.2, 0.25) is 0 Å². The number of ether oxygens (including phenoxy) is 2. The molecule has 1 aliphatic rings. The van der Waals surface area contributed by atoms with Crippen LogP contribution in [0.2, 0.25) is 0 Å². The maximum absolute atomic E-state index is 14.6. The highest BCUT2D eigenvalue weighted by molar-refractivity contribution is 6.06. The monoisotopic (exact) mass is 536 g/mol. The van der Waals surface area contributed by atoms with E-state index in [-0.39, 0.29) is 18.4 Å². The zero-order valence-corrected chi connectivity index (χ0v) is 21.0. The molecule has 4 rings (SSSR count). The van der Waals surface area contributed by atoms with E-state index in [2.05, 4.69) is 4.98 Å². The summed E-state index contributed by atoms with van der Waals surface area (Å²) in [5.74, 6) is -2.36. The number of piperidine rings is 1. The third-order valence-corrected chi connectivity index (χ3v) is 6.69. The van der Waals surface area contributed by atoms with Crippen LogP contribution in [0.15, 0.2) is 36.7 Å². The summed E-state index contributed by atoms with van der Waals surface area (Å²) in [6.07, 6.45) is -0.719. The summed E-state index contributed by atoms with van der Waals surface area (Å²) in [4.78, 5) is 30.7. The number of alkyl halides is 3. The number of nitrogens with zero attached hydrogens (tertiary/aromatic N) is 3. The van der Waals surface area contributed by atoms with Gasteiger partial charge in [0.15, 0.2) is 0 Å². The molecule has 1 N–H and O–H groups in total. The fraction of sp³-hybridized carbons (Fsp3) is 0.423. The van der Waals surface area contributed by atoms with Gasteiger partial charge in [-0.2, -0.15) is 13.2 Å². The number of carbonyl (C=O) groups is 2. The largest absolute Gasteiger partial charge is 0.494 e. The van der Waals surface area contributed by atoms with Crippen molar-refractivity contribution < 1.29 is 36.6 Å². The minimum atomic E-state index is -4.99. The Balaban J connectivity index is 1.47. The Bertz CT molecular complexity index is 1320. The summed E-state index contributed by atoms with van der Waals surface area (Å²) in [5.41, 5.74) is 2.37. The van der Waals surface area contributed by atoms with Gasteiger partial charge in [-0.25, -0.2) is 4.39 Å². The molecule has 3 heterocycles. The van der Waals surface area contributed by atoms with Crippen molar-refractivity contribution in [1.82, 2.24) is 19.8 Å². The number of carbonyl (C=O) groups excluding carboxylic acids is 2. The Kier molecular flexibility index (Phi) is 8.20. The molecule has 0 atom stereocenters. The van der Waals surface area contributed by atoms with Crippen LogP contribution in [-0.4, -0.2) is 66.4 Å². The first-order valence-corrected chi connectivity index (χ1v) is 12.1. The van der Waals surface area contributed by atoms with E-state index in [1.54, 1.807) is 42.9 Å². The summed E-state index contributed by atoms with van der Waals surface area (Å²) < 4.78 is 64.6. The zero-order chi connectivity index (χ0) is 27.4. The van der Waals surface area contributed by atoms with Crippen molar-refractivity contribution in [2.75, 3.05) is 33.9 Å². The number of rotatable bonds is 8. The lowest BCUT2D eigenvalue weighted by molar-refractivity contribution is -0.173. The summed E-state index contributed by atoms with van der Waals surface area (Å²) in [6, 6.07) is 5.74. The predicted molar refractivity (Wildman–Crippen MR) is 130 cm³/mol. The van der Waals surface area contributed by atoms with E-state index in [0.29, 0.717) is 72.6 Å². The van der Waals surface area contributed by atoms with Crippen LogP contribution in [0.4, 0.5) is 17.6 Å². The number of aromatic nitrogens is 2. The van der Waals surface area contributed by atoms with E-state index in [0.717, 1.165) is 0 Å². The first-order chi connectivity index (χ1) is 18.1. The maximum Gasteiger partial charge on any atom is 0.471 e. The number of hydrogen-bond donors (Lipinski definition) is 1. The van der Waals surface area contributed by atoms with Gasteiger partial charge in [0.05, 0.1) is 19.3 Å². The van der Waals surface area contributed by atoms with Gasteiger partial charge < -0.3 is 24.3 Å². The molecule has 0 saturated carbocycles. The predicted octanol–water partition coefficient (Wildman–Crippen LogP) is 4.03. The quantitative estimate of drug-likeness (QED) is 0.440. The second-order valence-electron chi connectivity index (χ2n) is 9.04. The SMILES string of the molecule is COCCn1cc(C(=O)N2CCC(c3cc(CNC(=O)C(F)(F)F)ccc3F)CC2)c2nccc(OC)c21. The van der Waals surface area contributed by atoms with E-state index >= 15 is 0 Å². The summed E-state index contributed by atoms with van der Waals surface area (Å²) in [6.45, 7) is 1.31. The van der Waals surface area contributed by atoms with Crippen LogP contribution < -0.4 is 10.1 Å². The van der Waals surface area contributed by atoms with Crippen molar-refractivity contribution in [2.24, 2.45) is 0 Å². The van der Waals surface area contributed by atoms with Gasteiger partial charge >= 0.3 is 12.1 Å². The second-order valence-corrected chi connectivity index (χ2v) is 9.04. The Hall–Kier alpha value is -3.67. The molecule has 3 aromatic rings. The number of likely N-dealkylation sites (tertiary alicyclic amines) is 1. The van der Waals surface area contributed by atoms with Crippen LogP contribution in [0.25, 0.3) is 11.0 Å². The fourth-order valence-corrected chi connectivity index (χ4v) is 4.74. The molecule has 12 heteroatoms. The third kappa shape index (κ3) is 5.74. The van der Waals surface area contributed by atoms with Gasteiger partial charge in [-0.05, 0) is 36.0 Å². The molecule has 1 aliphatic heterocycles. The van der Waals surface area contributed by atoms with Crippen LogP contribution in [0, 0.1) is 5.82 Å². The lowest BCUT2D eigenvalue weighted by Gasteiger charge is -2.32. The van der Waals surface area contributed by atoms with E-state index in [9.17, 15) is 27.2 Å². The fourth-order valence-electron chi connectivity index (χ4n) is 4.74. The molecule has 0 bridgehead atoms. The molecular formula is C26H28F4N4O4. The Labute approximate surface area is 216 Å². The van der Waals surface area contributed by atoms with E-state index in [1.165, 1.54) is 18.2 Å². The first kappa shape index (κ1) is 27.4. The smallest absolute Gasteiger partial charge is 0.471 e. The minimum Gasteiger partial charge on any atom is -0.494 e. The maximum atomic E-state index is 14.6. The molecule has 0 aliphatic carbocycles. The molecule has 38 heavy (non-hydrogen) atoms. The highest BCUT2D eigenvalue weighted by atomic mass is 19.4. The normalized spacial score (nSPS) is 14.6. The summed E-state index contributed by atoms with van der Waals surface area (Å²) >= 11 is 0. The molecule has 2 aromatic heterocycles. The summed E-state index contributed by atoms with van der Waals surface area (Å²) in [5, 5.41) is 1.80. The number of fused-ring (bicyclic) bond motifs is 1. The highest BCUT2D eigenvalue weighted by Gasteiger charge is 2.38. The lowest BCUT2D eigenvalue weighted by atomic mass is 9.88. The van der Waals surface area contributed by atoms with Crippen molar-refractivity contribution in [3.8, 4) is 5.75 Å². The number of hydrogen-bond acceptors (Lipinski definition) is 5. The standard InChI is InChI=1S/C26H28F4N4O4/c1-37-12-11-34-15-19(22-23(34)21(38-2)5-8-31-22)24(35)33-9-6-17(7-10-33)18-13-16(3-4-20(18)27)14-32-25(36)26(28,29)30/h3-5,8,13,15,17H,6-7,9-12,14H2,1-2H3,(H,32,36). The number of methoxy groups -OCH3 is 2. The molecule has 1 saturated heterocycles. The van der Waals surface area contributed by atoms with E-state index in [4.69, 9.17) is 9.47 Å². The van der Waals surface area contributed by atoms with E-state index < -0.39 is 17.9 Å². The molecule has 1 fully saturated rings. The average molecular weight is 537 g/mol. The Morgan fingerprint density at radius 1 is 1.16 bits per heavy atom. The second kappa shape index (κ2) is 11.4. The van der Waals surface area contributed by atoms with Crippen molar-refractivity contribution in [3.05, 3.63) is 59.2 Å². The molecule has 0 spiro atoms. The zero-order valence-electron chi connectivity index (χ0n) is 21.0. The lowest BCUT2D eigenvalue weighted by Crippen LogP contribution is -2.38. The first-order valence-electron chi connectivity index (χ1n) is 12.1. The molecule has 1 aromatic carbocycles. The van der Waals surface area contributed by atoms with Crippen LogP contribution in [0.3, 0.4) is 0 Å². The number of nitrogens with one attached hydrogen (secondary N) is 1. The van der Waals surface area contributed by atoms with Gasteiger partial charge in [0.1, 0.15) is 22.6 Å². The Morgan fingerprint density at radius 2 is 1.89 bits per heavy atom. The van der Waals surface area contributed by atoms with Crippen molar-refractivity contribution in [1.29, 1.82) is 0 Å². The van der Waals surface area contributed by atoms with Gasteiger partial charge in [-0.15, -0.1) is 0 Å². The molecule has 2 amide bonds. The number of pyridine rings is 1. The van der Waals surface area contributed by atoms with Crippen LogP contribution >= 0.6 is 0 Å². The number of halogens is 4. The van der Waals surface area contributed by atoms with Crippen LogP contribution in [0.5, 0.6) is 5.75 Å². The highest BCUT2D eigenvalue weighted by Crippen LogP contribution is 2.33. The molecule has 0 radical (unpaired) electrons. The molecule has 0 unspecified atom stereocenters. The topological polar surface area (TPSA) is 85.7 Å². The Morgan fingerprint density at radius 3 is 2.55 bits per heavy atom. The van der Waals surface area contributed by atoms with Crippen molar-refractivity contribution in [3.63, 3.8) is 0 Å². The van der Waals surface area contributed by atoms with Crippen LogP contribution in [-0.2, 0) is 22.6 Å². The molecule has 8 nitrogen and oxygen atoms in total. The minimum absolute atomic E-state index is 0.200. The van der Waals surface area contributed by atoms with Gasteiger partial charge in [0.25, 0.3) is 5.91 Å². The van der Waals surface area contributed by atoms with Crippen molar-refractivity contribution >= 4 is 22.8 Å². The third-order valence-electron chi connectivity index (χ3n) is 6.69. The number of benzene rings is 1. The molecule has 204 valence electrons. The molecular weight excluding hydrogens is 508 g/mol. The van der Waals surface area contributed by atoms with Gasteiger partial charge in [-0.3, -0.25) is 14.6 Å². The van der Waals surface area contributed by atoms with Crippen molar-refractivity contribution in [2.45, 2.75) is 38.0 Å². The van der Waals surface area contributed by atoms with E-state index in [1.807, 2.05) is 4.57 Å². The summed E-state index contributed by atoms with van der Waals surface area (Å²) in [7, 11) is 3.14. The van der Waals surface area contributed by atoms with Gasteiger partial charge in [0, 0.05) is 51.7 Å². The number of amides is 2.